The molecular formula is C19H17F2N5O3. The van der Waals surface area contributed by atoms with Gasteiger partial charge in [-0.05, 0) is 6.07 Å². The molecule has 0 saturated heterocycles. The van der Waals surface area contributed by atoms with Crippen LogP contribution in [0.25, 0.3) is 33.4 Å². The minimum atomic E-state index is -0.873. The van der Waals surface area contributed by atoms with Crippen LogP contribution in [0.4, 0.5) is 8.78 Å². The van der Waals surface area contributed by atoms with Crippen molar-refractivity contribution in [2.75, 3.05) is 20.8 Å². The molecule has 29 heavy (non-hydrogen) atoms. The number of benzene rings is 1. The third-order valence-electron chi connectivity index (χ3n) is 4.51. The second kappa shape index (κ2) is 7.47. The molecule has 0 fully saturated rings. The molecule has 0 unspecified atom stereocenters. The summed E-state index contributed by atoms with van der Waals surface area (Å²) >= 11 is 0. The normalized spacial score (nSPS) is 11.2. The number of aromatic nitrogens is 5. The van der Waals surface area contributed by atoms with Gasteiger partial charge < -0.3 is 14.6 Å². The maximum Gasteiger partial charge on any atom is 0.177 e. The van der Waals surface area contributed by atoms with E-state index in [9.17, 15) is 8.78 Å². The number of aromatic amines is 1. The molecule has 0 amide bonds. The van der Waals surface area contributed by atoms with Crippen LogP contribution in [0.1, 0.15) is 0 Å². The van der Waals surface area contributed by atoms with Crippen molar-refractivity contribution in [1.29, 1.82) is 0 Å². The zero-order valence-corrected chi connectivity index (χ0v) is 15.6. The van der Waals surface area contributed by atoms with Crippen LogP contribution in [0.5, 0.6) is 11.5 Å². The molecule has 0 aliphatic carbocycles. The number of aliphatic hydroxyl groups excluding tert-OH is 1. The number of nitrogens with one attached hydrogen (secondary N) is 1. The van der Waals surface area contributed by atoms with Crippen molar-refractivity contribution in [3.63, 3.8) is 0 Å². The topological polar surface area (TPSA) is 98.1 Å². The van der Waals surface area contributed by atoms with Crippen LogP contribution in [0.3, 0.4) is 0 Å². The fourth-order valence-electron chi connectivity index (χ4n) is 3.09. The maximum atomic E-state index is 14.8. The van der Waals surface area contributed by atoms with Gasteiger partial charge in [-0.3, -0.25) is 14.8 Å². The van der Waals surface area contributed by atoms with Gasteiger partial charge in [0.15, 0.2) is 23.1 Å². The fourth-order valence-corrected chi connectivity index (χ4v) is 3.09. The van der Waals surface area contributed by atoms with Crippen LogP contribution in [0.2, 0.25) is 0 Å². The minimum absolute atomic E-state index is 0.0333. The molecular weight excluding hydrogens is 384 g/mol. The number of ether oxygens (including phenoxy) is 2. The molecule has 0 aliphatic heterocycles. The number of H-pyrrole nitrogens is 1. The fraction of sp³-hybridized carbons (Fsp3) is 0.211. The van der Waals surface area contributed by atoms with Crippen molar-refractivity contribution in [1.82, 2.24) is 25.0 Å². The molecule has 0 atom stereocenters. The van der Waals surface area contributed by atoms with Gasteiger partial charge in [-0.25, -0.2) is 8.78 Å². The number of nitrogens with zero attached hydrogens (tertiary/aromatic N) is 4. The molecule has 8 nitrogen and oxygen atoms in total. The van der Waals surface area contributed by atoms with Gasteiger partial charge in [0, 0.05) is 29.4 Å². The minimum Gasteiger partial charge on any atom is -0.494 e. The summed E-state index contributed by atoms with van der Waals surface area (Å²) in [7, 11) is 2.57. The summed E-state index contributed by atoms with van der Waals surface area (Å²) in [5.41, 5.74) is 1.57. The lowest BCUT2D eigenvalue weighted by atomic mass is 10.1. The highest BCUT2D eigenvalue weighted by Gasteiger charge is 2.23. The largest absolute Gasteiger partial charge is 0.494 e. The molecule has 0 saturated carbocycles. The van der Waals surface area contributed by atoms with E-state index in [4.69, 9.17) is 14.6 Å². The molecule has 2 N–H and O–H groups in total. The average Bonchev–Trinajstić information content (AvgIpc) is 3.35. The summed E-state index contributed by atoms with van der Waals surface area (Å²) in [6.45, 7) is 0.329. The average molecular weight is 401 g/mol. The molecule has 10 heteroatoms. The number of aliphatic hydroxyl groups is 1. The standard InChI is InChI=1S/C19H17F2N5O3/c1-28-14-6-15(29-2)18(21)16(17(14)20)13-5-12-11(8-22-13)19(25-24-12)10-7-23-26(9-10)3-4-27/h5-9,27H,3-4H2,1-2H3,(H,24,25). The van der Waals surface area contributed by atoms with E-state index in [1.165, 1.54) is 26.5 Å². The zero-order valence-electron chi connectivity index (χ0n) is 15.6. The van der Waals surface area contributed by atoms with Crippen LogP contribution in [-0.4, -0.2) is 50.9 Å². The molecule has 0 aliphatic rings. The third-order valence-corrected chi connectivity index (χ3v) is 4.51. The smallest absolute Gasteiger partial charge is 0.177 e. The Labute approximate surface area is 163 Å². The Morgan fingerprint density at radius 2 is 1.83 bits per heavy atom. The van der Waals surface area contributed by atoms with Gasteiger partial charge in [0.2, 0.25) is 0 Å². The summed E-state index contributed by atoms with van der Waals surface area (Å²) < 4.78 is 41.1. The molecule has 1 aromatic carbocycles. The van der Waals surface area contributed by atoms with Gasteiger partial charge >= 0.3 is 0 Å². The predicted octanol–water partition coefficient (Wildman–Crippen LogP) is 2.78. The van der Waals surface area contributed by atoms with Gasteiger partial charge in [-0.2, -0.15) is 10.2 Å². The lowest BCUT2D eigenvalue weighted by Gasteiger charge is -2.12. The molecule has 0 spiro atoms. The van der Waals surface area contributed by atoms with Crippen LogP contribution in [0, 0.1) is 11.6 Å². The van der Waals surface area contributed by atoms with Crippen molar-refractivity contribution < 1.29 is 23.4 Å². The second-order valence-corrected chi connectivity index (χ2v) is 6.19. The molecule has 3 aromatic heterocycles. The molecule has 4 aromatic rings. The number of hydrogen-bond donors (Lipinski definition) is 2. The summed E-state index contributed by atoms with van der Waals surface area (Å²) in [6, 6.07) is 2.65. The molecule has 0 bridgehead atoms. The van der Waals surface area contributed by atoms with E-state index in [-0.39, 0.29) is 29.4 Å². The highest BCUT2D eigenvalue weighted by Crippen LogP contribution is 2.38. The van der Waals surface area contributed by atoms with E-state index >= 15 is 0 Å². The van der Waals surface area contributed by atoms with Gasteiger partial charge in [-0.1, -0.05) is 0 Å². The first-order valence-electron chi connectivity index (χ1n) is 8.65. The van der Waals surface area contributed by atoms with Crippen LogP contribution >= 0.6 is 0 Å². The highest BCUT2D eigenvalue weighted by molar-refractivity contribution is 5.93. The summed E-state index contributed by atoms with van der Waals surface area (Å²) in [5, 5.41) is 20.9. The molecule has 4 rings (SSSR count). The van der Waals surface area contributed by atoms with Crippen LogP contribution in [0.15, 0.2) is 30.7 Å². The monoisotopic (exact) mass is 401 g/mol. The van der Waals surface area contributed by atoms with Crippen molar-refractivity contribution >= 4 is 10.9 Å². The van der Waals surface area contributed by atoms with Gasteiger partial charge in [-0.15, -0.1) is 0 Å². The summed E-state index contributed by atoms with van der Waals surface area (Å²) in [4.78, 5) is 4.23. The molecule has 3 heterocycles. The maximum absolute atomic E-state index is 14.8. The number of fused-ring (bicyclic) bond motifs is 1. The van der Waals surface area contributed by atoms with Crippen molar-refractivity contribution in [2.24, 2.45) is 0 Å². The Bertz CT molecular complexity index is 1160. The lowest BCUT2D eigenvalue weighted by Crippen LogP contribution is -2.01. The van der Waals surface area contributed by atoms with Crippen LogP contribution in [-0.2, 0) is 6.54 Å². The highest BCUT2D eigenvalue weighted by atomic mass is 19.1. The van der Waals surface area contributed by atoms with E-state index in [2.05, 4.69) is 20.3 Å². The number of rotatable bonds is 6. The SMILES string of the molecule is COc1cc(OC)c(F)c(-c2cc3[nH]nc(-c4cnn(CCO)c4)c3cn2)c1F. The van der Waals surface area contributed by atoms with Crippen molar-refractivity contribution in [3.05, 3.63) is 42.4 Å². The number of pyridine rings is 1. The third kappa shape index (κ3) is 3.17. The second-order valence-electron chi connectivity index (χ2n) is 6.19. The first kappa shape index (κ1) is 18.8. The lowest BCUT2D eigenvalue weighted by molar-refractivity contribution is 0.269. The Kier molecular flexibility index (Phi) is 4.85. The molecule has 150 valence electrons. The van der Waals surface area contributed by atoms with E-state index in [1.807, 2.05) is 0 Å². The van der Waals surface area contributed by atoms with Crippen LogP contribution < -0.4 is 9.47 Å². The Balaban J connectivity index is 1.82. The van der Waals surface area contributed by atoms with Gasteiger partial charge in [0.05, 0.1) is 50.3 Å². The first-order valence-corrected chi connectivity index (χ1v) is 8.65. The number of halogens is 2. The van der Waals surface area contributed by atoms with E-state index in [0.717, 1.165) is 11.6 Å². The Hall–Kier alpha value is -3.53. The zero-order chi connectivity index (χ0) is 20.5. The van der Waals surface area contributed by atoms with Crippen molar-refractivity contribution in [3.8, 4) is 34.0 Å². The predicted molar refractivity (Wildman–Crippen MR) is 101 cm³/mol. The quantitative estimate of drug-likeness (QED) is 0.516. The Morgan fingerprint density at radius 3 is 2.48 bits per heavy atom. The summed E-state index contributed by atoms with van der Waals surface area (Å²) in [5.74, 6) is -2.05. The number of hydrogen-bond acceptors (Lipinski definition) is 6. The van der Waals surface area contributed by atoms with E-state index < -0.39 is 11.6 Å². The number of methoxy groups -OCH3 is 2. The van der Waals surface area contributed by atoms with Crippen molar-refractivity contribution in [2.45, 2.75) is 6.54 Å². The first-order chi connectivity index (χ1) is 14.1. The van der Waals surface area contributed by atoms with Gasteiger partial charge in [0.25, 0.3) is 0 Å². The van der Waals surface area contributed by atoms with E-state index in [1.54, 1.807) is 17.1 Å². The molecule has 0 radical (unpaired) electrons. The Morgan fingerprint density at radius 1 is 1.10 bits per heavy atom. The summed E-state index contributed by atoms with van der Waals surface area (Å²) in [6.07, 6.45) is 4.84. The van der Waals surface area contributed by atoms with E-state index in [0.29, 0.717) is 23.1 Å². The van der Waals surface area contributed by atoms with Gasteiger partial charge in [0.1, 0.15) is 5.69 Å².